The monoisotopic (exact) mass is 144 g/mol. The quantitative estimate of drug-likeness (QED) is 0.584. The summed E-state index contributed by atoms with van der Waals surface area (Å²) in [6, 6.07) is 0. The summed E-state index contributed by atoms with van der Waals surface area (Å²) in [5, 5.41) is 3.63. The second-order valence-corrected chi connectivity index (χ2v) is 2.03. The van der Waals surface area contributed by atoms with E-state index in [-0.39, 0.29) is 0 Å². The van der Waals surface area contributed by atoms with E-state index in [1.807, 2.05) is 24.6 Å². The molecule has 0 aromatic carbocycles. The summed E-state index contributed by atoms with van der Waals surface area (Å²) >= 11 is 1.52. The van der Waals surface area contributed by atoms with Crippen molar-refractivity contribution in [3.05, 3.63) is 10.8 Å². The highest BCUT2D eigenvalue weighted by Gasteiger charge is 1.88. The molecule has 0 spiro atoms. The van der Waals surface area contributed by atoms with Crippen LogP contribution in [0.15, 0.2) is 10.8 Å². The molecule has 0 radical (unpaired) electrons. The summed E-state index contributed by atoms with van der Waals surface area (Å²) < 4.78 is 0. The topological polar surface area (TPSA) is 52.0 Å². The van der Waals surface area contributed by atoms with Gasteiger partial charge >= 0.3 is 0 Å². The molecule has 1 aromatic rings. The smallest absolute Gasteiger partial charge is 0.0656 e. The molecule has 0 fully saturated rings. The largest absolute Gasteiger partial charge is 0.396 e. The van der Waals surface area contributed by atoms with Crippen LogP contribution >= 0.6 is 11.3 Å². The number of hydrogen-bond donors (Lipinski definition) is 2. The molecule has 4 N–H and O–H groups in total. The van der Waals surface area contributed by atoms with Crippen molar-refractivity contribution in [2.45, 2.75) is 13.8 Å². The lowest BCUT2D eigenvalue weighted by atomic mass is 10.5. The molecule has 0 saturated heterocycles. The van der Waals surface area contributed by atoms with E-state index in [1.54, 1.807) is 0 Å². The minimum Gasteiger partial charge on any atom is -0.396 e. The zero-order chi connectivity index (χ0) is 7.28. The third-order valence-electron chi connectivity index (χ3n) is 0.723. The molecular formula is C6H12N2S. The Morgan fingerprint density at radius 1 is 1.11 bits per heavy atom. The molecule has 52 valence electrons. The molecule has 0 atom stereocenters. The summed E-state index contributed by atoms with van der Waals surface area (Å²) in [5.74, 6) is 0. The highest BCUT2D eigenvalue weighted by Crippen LogP contribution is 2.17. The molecule has 1 aromatic heterocycles. The van der Waals surface area contributed by atoms with Crippen molar-refractivity contribution in [3.8, 4) is 0 Å². The van der Waals surface area contributed by atoms with E-state index in [2.05, 4.69) is 0 Å². The first-order chi connectivity index (χ1) is 4.30. The maximum absolute atomic E-state index is 5.33. The maximum atomic E-state index is 5.33. The average Bonchev–Trinajstić information content (AvgIpc) is 2.23. The number of anilines is 2. The van der Waals surface area contributed by atoms with Gasteiger partial charge in [0, 0.05) is 10.8 Å². The van der Waals surface area contributed by atoms with Gasteiger partial charge in [0.2, 0.25) is 0 Å². The standard InChI is InChI=1S/C4H6N2S.C2H6/c5-3-1-7-2-4(3)6;1-2/h1-2H,5-6H2;1-2H3. The highest BCUT2D eigenvalue weighted by molar-refractivity contribution is 7.08. The zero-order valence-corrected chi connectivity index (χ0v) is 6.53. The van der Waals surface area contributed by atoms with Gasteiger partial charge in [0.1, 0.15) is 0 Å². The normalized spacial score (nSPS) is 7.78. The van der Waals surface area contributed by atoms with Gasteiger partial charge in [0.05, 0.1) is 11.4 Å². The van der Waals surface area contributed by atoms with Gasteiger partial charge in [-0.1, -0.05) is 13.8 Å². The maximum Gasteiger partial charge on any atom is 0.0656 e. The van der Waals surface area contributed by atoms with Crippen molar-refractivity contribution in [1.29, 1.82) is 0 Å². The minimum absolute atomic E-state index is 0.685. The van der Waals surface area contributed by atoms with Crippen LogP contribution in [0.25, 0.3) is 0 Å². The van der Waals surface area contributed by atoms with Crippen LogP contribution in [-0.4, -0.2) is 0 Å². The molecule has 0 aliphatic rings. The third kappa shape index (κ3) is 2.37. The second kappa shape index (κ2) is 4.21. The van der Waals surface area contributed by atoms with Crippen LogP contribution in [0.4, 0.5) is 11.4 Å². The molecule has 0 aliphatic carbocycles. The molecule has 9 heavy (non-hydrogen) atoms. The van der Waals surface area contributed by atoms with Crippen molar-refractivity contribution in [2.24, 2.45) is 0 Å². The third-order valence-corrected chi connectivity index (χ3v) is 1.50. The molecule has 0 amide bonds. The van der Waals surface area contributed by atoms with Gasteiger partial charge in [-0.05, 0) is 0 Å². The molecular weight excluding hydrogens is 132 g/mol. The Morgan fingerprint density at radius 2 is 1.44 bits per heavy atom. The number of hydrogen-bond acceptors (Lipinski definition) is 3. The SMILES string of the molecule is CC.Nc1cscc1N. The molecule has 0 bridgehead atoms. The van der Waals surface area contributed by atoms with E-state index in [0.29, 0.717) is 11.4 Å². The Labute approximate surface area is 59.5 Å². The molecule has 0 aliphatic heterocycles. The second-order valence-electron chi connectivity index (χ2n) is 1.28. The molecule has 0 saturated carbocycles. The van der Waals surface area contributed by atoms with Gasteiger partial charge in [-0.3, -0.25) is 0 Å². The van der Waals surface area contributed by atoms with E-state index in [1.165, 1.54) is 11.3 Å². The first kappa shape index (κ1) is 8.30. The number of thiophene rings is 1. The van der Waals surface area contributed by atoms with Gasteiger partial charge in [-0.15, -0.1) is 11.3 Å². The lowest BCUT2D eigenvalue weighted by Gasteiger charge is -1.82. The predicted molar refractivity (Wildman–Crippen MR) is 44.5 cm³/mol. The highest BCUT2D eigenvalue weighted by atomic mass is 32.1. The first-order valence-corrected chi connectivity index (χ1v) is 3.82. The van der Waals surface area contributed by atoms with Crippen LogP contribution in [0, 0.1) is 0 Å². The van der Waals surface area contributed by atoms with Crippen LogP contribution in [0.3, 0.4) is 0 Å². The van der Waals surface area contributed by atoms with Crippen molar-refractivity contribution < 1.29 is 0 Å². The van der Waals surface area contributed by atoms with Crippen LogP contribution in [0.1, 0.15) is 13.8 Å². The molecule has 1 heterocycles. The van der Waals surface area contributed by atoms with Crippen molar-refractivity contribution >= 4 is 22.7 Å². The van der Waals surface area contributed by atoms with Gasteiger partial charge in [0.15, 0.2) is 0 Å². The predicted octanol–water partition coefficient (Wildman–Crippen LogP) is 1.94. The van der Waals surface area contributed by atoms with Gasteiger partial charge < -0.3 is 11.5 Å². The fourth-order valence-corrected chi connectivity index (χ4v) is 0.950. The van der Waals surface area contributed by atoms with Gasteiger partial charge in [-0.2, -0.15) is 0 Å². The van der Waals surface area contributed by atoms with E-state index in [0.717, 1.165) is 0 Å². The summed E-state index contributed by atoms with van der Waals surface area (Å²) in [5.41, 5.74) is 12.0. The van der Waals surface area contributed by atoms with E-state index < -0.39 is 0 Å². The Hall–Kier alpha value is -0.700. The zero-order valence-electron chi connectivity index (χ0n) is 5.72. The van der Waals surface area contributed by atoms with Crippen LogP contribution < -0.4 is 11.5 Å². The number of nitrogen functional groups attached to an aromatic ring is 2. The van der Waals surface area contributed by atoms with Crippen molar-refractivity contribution in [1.82, 2.24) is 0 Å². The molecule has 3 heteroatoms. The van der Waals surface area contributed by atoms with Crippen LogP contribution in [0.2, 0.25) is 0 Å². The summed E-state index contributed by atoms with van der Waals surface area (Å²) in [6.45, 7) is 4.00. The summed E-state index contributed by atoms with van der Waals surface area (Å²) in [7, 11) is 0. The first-order valence-electron chi connectivity index (χ1n) is 2.88. The fourth-order valence-electron chi connectivity index (χ4n) is 0.317. The fraction of sp³-hybridized carbons (Fsp3) is 0.333. The average molecular weight is 144 g/mol. The Balaban J connectivity index is 0.000000291. The van der Waals surface area contributed by atoms with Crippen LogP contribution in [0.5, 0.6) is 0 Å². The van der Waals surface area contributed by atoms with Crippen molar-refractivity contribution in [3.63, 3.8) is 0 Å². The van der Waals surface area contributed by atoms with E-state index >= 15 is 0 Å². The van der Waals surface area contributed by atoms with Crippen molar-refractivity contribution in [2.75, 3.05) is 11.5 Å². The van der Waals surface area contributed by atoms with E-state index in [4.69, 9.17) is 11.5 Å². The van der Waals surface area contributed by atoms with Crippen LogP contribution in [-0.2, 0) is 0 Å². The molecule has 2 nitrogen and oxygen atoms in total. The lowest BCUT2D eigenvalue weighted by Crippen LogP contribution is -1.87. The van der Waals surface area contributed by atoms with Gasteiger partial charge in [-0.25, -0.2) is 0 Å². The Morgan fingerprint density at radius 3 is 1.56 bits per heavy atom. The minimum atomic E-state index is 0.685. The van der Waals surface area contributed by atoms with Gasteiger partial charge in [0.25, 0.3) is 0 Å². The lowest BCUT2D eigenvalue weighted by molar-refractivity contribution is 1.50. The summed E-state index contributed by atoms with van der Waals surface area (Å²) in [4.78, 5) is 0. The van der Waals surface area contributed by atoms with E-state index in [9.17, 15) is 0 Å². The summed E-state index contributed by atoms with van der Waals surface area (Å²) in [6.07, 6.45) is 0. The molecule has 1 rings (SSSR count). The Kier molecular flexibility index (Phi) is 3.88. The number of rotatable bonds is 0. The number of nitrogens with two attached hydrogens (primary N) is 2. The Bertz CT molecular complexity index is 143. The molecule has 0 unspecified atom stereocenters.